The van der Waals surface area contributed by atoms with E-state index in [9.17, 15) is 9.59 Å². The van der Waals surface area contributed by atoms with Crippen LogP contribution in [0.3, 0.4) is 0 Å². The molecule has 1 aliphatic heterocycles. The fourth-order valence-electron chi connectivity index (χ4n) is 3.66. The first kappa shape index (κ1) is 20.3. The van der Waals surface area contributed by atoms with Gasteiger partial charge in [0.1, 0.15) is 0 Å². The molecule has 7 nitrogen and oxygen atoms in total. The summed E-state index contributed by atoms with van der Waals surface area (Å²) in [5.74, 6) is 1.50. The van der Waals surface area contributed by atoms with Gasteiger partial charge in [0, 0.05) is 17.7 Å². The minimum absolute atomic E-state index is 0.00325. The Labute approximate surface area is 188 Å². The fourth-order valence-corrected chi connectivity index (χ4v) is 4.49. The van der Waals surface area contributed by atoms with Gasteiger partial charge >= 0.3 is 0 Å². The number of anilines is 1. The van der Waals surface area contributed by atoms with Crippen molar-refractivity contribution in [1.29, 1.82) is 0 Å². The summed E-state index contributed by atoms with van der Waals surface area (Å²) in [6.45, 7) is 0.568. The SMILES string of the molecule is O=C1CCc2cc(C(=O)CSc3nnc(-c4ccco4)n3Cc3ccccc3)ccc2N1. The van der Waals surface area contributed by atoms with Gasteiger partial charge in [-0.05, 0) is 47.9 Å². The van der Waals surface area contributed by atoms with Gasteiger partial charge in [0.05, 0.1) is 18.6 Å². The molecule has 0 atom stereocenters. The van der Waals surface area contributed by atoms with Gasteiger partial charge in [-0.1, -0.05) is 42.1 Å². The molecule has 5 rings (SSSR count). The van der Waals surface area contributed by atoms with Gasteiger partial charge in [-0.15, -0.1) is 10.2 Å². The molecule has 160 valence electrons. The van der Waals surface area contributed by atoms with E-state index in [1.807, 2.05) is 53.1 Å². The highest BCUT2D eigenvalue weighted by Gasteiger charge is 2.20. The number of Topliss-reactive ketones (excluding diaryl/α,β-unsaturated/α-hetero) is 1. The molecule has 2 aromatic carbocycles. The quantitative estimate of drug-likeness (QED) is 0.335. The van der Waals surface area contributed by atoms with Crippen molar-refractivity contribution in [3.05, 3.63) is 83.6 Å². The van der Waals surface area contributed by atoms with E-state index in [4.69, 9.17) is 4.42 Å². The Kier molecular flexibility index (Phi) is 5.60. The van der Waals surface area contributed by atoms with Gasteiger partial charge < -0.3 is 9.73 Å². The number of ketones is 1. The average molecular weight is 445 g/mol. The number of rotatable bonds is 7. The molecule has 0 unspecified atom stereocenters. The monoisotopic (exact) mass is 444 g/mol. The Balaban J connectivity index is 1.36. The molecule has 0 fully saturated rings. The van der Waals surface area contributed by atoms with Crippen molar-refractivity contribution in [3.8, 4) is 11.6 Å². The number of aromatic nitrogens is 3. The molecular formula is C24H20N4O3S. The Morgan fingerprint density at radius 1 is 1.06 bits per heavy atom. The van der Waals surface area contributed by atoms with Crippen molar-refractivity contribution < 1.29 is 14.0 Å². The highest BCUT2D eigenvalue weighted by molar-refractivity contribution is 7.99. The topological polar surface area (TPSA) is 90.0 Å². The number of hydrogen-bond donors (Lipinski definition) is 1. The maximum atomic E-state index is 12.9. The van der Waals surface area contributed by atoms with Crippen molar-refractivity contribution in [3.63, 3.8) is 0 Å². The number of nitrogens with one attached hydrogen (secondary N) is 1. The van der Waals surface area contributed by atoms with Crippen LogP contribution < -0.4 is 5.32 Å². The summed E-state index contributed by atoms with van der Waals surface area (Å²) >= 11 is 1.35. The first-order valence-electron chi connectivity index (χ1n) is 10.3. The van der Waals surface area contributed by atoms with Crippen LogP contribution in [-0.2, 0) is 17.8 Å². The summed E-state index contributed by atoms with van der Waals surface area (Å²) in [6, 6.07) is 19.1. The molecule has 1 N–H and O–H groups in total. The zero-order chi connectivity index (χ0) is 21.9. The molecule has 0 bridgehead atoms. The van der Waals surface area contributed by atoms with Crippen molar-refractivity contribution in [2.75, 3.05) is 11.1 Å². The average Bonchev–Trinajstić information content (AvgIpc) is 3.48. The van der Waals surface area contributed by atoms with Crippen LogP contribution in [0.4, 0.5) is 5.69 Å². The maximum absolute atomic E-state index is 12.9. The van der Waals surface area contributed by atoms with E-state index in [0.29, 0.717) is 41.7 Å². The number of carbonyl (C=O) groups is 2. The van der Waals surface area contributed by atoms with Crippen LogP contribution in [0.1, 0.15) is 27.9 Å². The lowest BCUT2D eigenvalue weighted by atomic mass is 9.99. The molecule has 0 saturated heterocycles. The molecular weight excluding hydrogens is 424 g/mol. The van der Waals surface area contributed by atoms with Gasteiger partial charge in [-0.3, -0.25) is 14.2 Å². The number of furan rings is 1. The van der Waals surface area contributed by atoms with Crippen LogP contribution in [0.25, 0.3) is 11.6 Å². The van der Waals surface area contributed by atoms with Gasteiger partial charge in [0.15, 0.2) is 16.7 Å². The Bertz CT molecular complexity index is 1270. The summed E-state index contributed by atoms with van der Waals surface area (Å²) in [4.78, 5) is 24.4. The second-order valence-electron chi connectivity index (χ2n) is 7.49. The summed E-state index contributed by atoms with van der Waals surface area (Å²) in [6.07, 6.45) is 2.69. The molecule has 8 heteroatoms. The number of aryl methyl sites for hydroxylation is 1. The van der Waals surface area contributed by atoms with Crippen LogP contribution in [0, 0.1) is 0 Å². The minimum atomic E-state index is 0.00325. The molecule has 1 amide bonds. The van der Waals surface area contributed by atoms with Gasteiger partial charge in [0.25, 0.3) is 0 Å². The third kappa shape index (κ3) is 4.22. The number of nitrogens with zero attached hydrogens (tertiary/aromatic N) is 3. The van der Waals surface area contributed by atoms with E-state index in [1.165, 1.54) is 11.8 Å². The lowest BCUT2D eigenvalue weighted by Gasteiger charge is -2.17. The number of amides is 1. The molecule has 3 heterocycles. The summed E-state index contributed by atoms with van der Waals surface area (Å²) in [5.41, 5.74) is 3.52. The lowest BCUT2D eigenvalue weighted by Crippen LogP contribution is -2.19. The number of benzene rings is 2. The molecule has 1 aliphatic rings. The van der Waals surface area contributed by atoms with Crippen LogP contribution in [0.5, 0.6) is 0 Å². The highest BCUT2D eigenvalue weighted by atomic mass is 32.2. The summed E-state index contributed by atoms with van der Waals surface area (Å²) < 4.78 is 7.50. The van der Waals surface area contributed by atoms with Gasteiger partial charge in [-0.2, -0.15) is 0 Å². The normalized spacial score (nSPS) is 12.9. The van der Waals surface area contributed by atoms with Crippen molar-refractivity contribution >= 4 is 29.1 Å². The van der Waals surface area contributed by atoms with Crippen LogP contribution in [0.2, 0.25) is 0 Å². The first-order valence-corrected chi connectivity index (χ1v) is 11.3. The number of fused-ring (bicyclic) bond motifs is 1. The van der Waals surface area contributed by atoms with Crippen LogP contribution in [0.15, 0.2) is 76.5 Å². The molecule has 0 saturated carbocycles. The smallest absolute Gasteiger partial charge is 0.224 e. The predicted molar refractivity (Wildman–Crippen MR) is 122 cm³/mol. The largest absolute Gasteiger partial charge is 0.461 e. The zero-order valence-corrected chi connectivity index (χ0v) is 18.0. The van der Waals surface area contributed by atoms with Gasteiger partial charge in [-0.25, -0.2) is 0 Å². The third-order valence-corrected chi connectivity index (χ3v) is 6.26. The second-order valence-corrected chi connectivity index (χ2v) is 8.43. The van der Waals surface area contributed by atoms with Crippen LogP contribution in [-0.4, -0.2) is 32.2 Å². The van der Waals surface area contributed by atoms with Gasteiger partial charge in [0.2, 0.25) is 11.7 Å². The van der Waals surface area contributed by atoms with Crippen molar-refractivity contribution in [2.24, 2.45) is 0 Å². The molecule has 0 aliphatic carbocycles. The number of hydrogen-bond acceptors (Lipinski definition) is 6. The van der Waals surface area contributed by atoms with E-state index in [1.54, 1.807) is 18.4 Å². The minimum Gasteiger partial charge on any atom is -0.461 e. The standard InChI is InChI=1S/C24H20N4O3S/c29-20(18-8-10-19-17(13-18)9-11-22(30)25-19)15-32-24-27-26-23(21-7-4-12-31-21)28(24)14-16-5-2-1-3-6-16/h1-8,10,12-13H,9,11,14-15H2,(H,25,30). The second kappa shape index (κ2) is 8.84. The Hall–Kier alpha value is -3.65. The van der Waals surface area contributed by atoms with E-state index >= 15 is 0 Å². The van der Waals surface area contributed by atoms with Crippen LogP contribution >= 0.6 is 11.8 Å². The van der Waals surface area contributed by atoms with Crippen molar-refractivity contribution in [2.45, 2.75) is 24.5 Å². The van der Waals surface area contributed by atoms with E-state index in [-0.39, 0.29) is 17.4 Å². The molecule has 32 heavy (non-hydrogen) atoms. The number of thioether (sulfide) groups is 1. The Morgan fingerprint density at radius 2 is 1.94 bits per heavy atom. The third-order valence-electron chi connectivity index (χ3n) is 5.30. The zero-order valence-electron chi connectivity index (χ0n) is 17.2. The van der Waals surface area contributed by atoms with E-state index in [0.717, 1.165) is 16.8 Å². The molecule has 4 aromatic rings. The number of carbonyl (C=O) groups excluding carboxylic acids is 2. The summed E-state index contributed by atoms with van der Waals surface area (Å²) in [5, 5.41) is 12.1. The molecule has 0 radical (unpaired) electrons. The lowest BCUT2D eigenvalue weighted by molar-refractivity contribution is -0.116. The van der Waals surface area contributed by atoms with E-state index in [2.05, 4.69) is 15.5 Å². The Morgan fingerprint density at radius 3 is 2.75 bits per heavy atom. The van der Waals surface area contributed by atoms with E-state index < -0.39 is 0 Å². The molecule has 2 aromatic heterocycles. The first-order chi connectivity index (χ1) is 15.7. The summed E-state index contributed by atoms with van der Waals surface area (Å²) in [7, 11) is 0. The molecule has 0 spiro atoms. The predicted octanol–water partition coefficient (Wildman–Crippen LogP) is 4.45. The maximum Gasteiger partial charge on any atom is 0.224 e. The highest BCUT2D eigenvalue weighted by Crippen LogP contribution is 2.28. The van der Waals surface area contributed by atoms with Crippen molar-refractivity contribution in [1.82, 2.24) is 14.8 Å². The fraction of sp³-hybridized carbons (Fsp3) is 0.167.